The number of rotatable bonds is 6. The van der Waals surface area contributed by atoms with Gasteiger partial charge in [-0.05, 0) is 27.2 Å². The first-order valence-corrected chi connectivity index (χ1v) is 6.49. The molecule has 20 heavy (non-hydrogen) atoms. The molecule has 0 radical (unpaired) electrons. The Morgan fingerprint density at radius 2 is 2.00 bits per heavy atom. The van der Waals surface area contributed by atoms with Gasteiger partial charge in [-0.3, -0.25) is 19.6 Å². The van der Waals surface area contributed by atoms with Crippen molar-refractivity contribution in [1.82, 2.24) is 15.1 Å². The SMILES string of the molecule is CCC(C)(NCC(=O)Nc1c(C)nn(C)c1C)C(=O)O. The first-order chi connectivity index (χ1) is 9.21. The molecule has 3 N–H and O–H groups in total. The number of aliphatic carboxylic acids is 1. The first-order valence-electron chi connectivity index (χ1n) is 6.49. The third-order valence-corrected chi connectivity index (χ3v) is 3.59. The molecule has 0 saturated heterocycles. The fourth-order valence-electron chi connectivity index (χ4n) is 1.77. The highest BCUT2D eigenvalue weighted by molar-refractivity contribution is 5.93. The van der Waals surface area contributed by atoms with E-state index in [2.05, 4.69) is 15.7 Å². The van der Waals surface area contributed by atoms with Gasteiger partial charge in [-0.1, -0.05) is 6.92 Å². The van der Waals surface area contributed by atoms with Gasteiger partial charge < -0.3 is 10.4 Å². The van der Waals surface area contributed by atoms with E-state index >= 15 is 0 Å². The monoisotopic (exact) mass is 282 g/mol. The Kier molecular flexibility index (Phi) is 4.88. The first kappa shape index (κ1) is 16.2. The number of nitrogens with one attached hydrogen (secondary N) is 2. The summed E-state index contributed by atoms with van der Waals surface area (Å²) in [6, 6.07) is 0. The van der Waals surface area contributed by atoms with E-state index in [1.165, 1.54) is 0 Å². The normalized spacial score (nSPS) is 13.8. The molecule has 1 atom stereocenters. The number of carboxylic acid groups (broad SMARTS) is 1. The topological polar surface area (TPSA) is 96.3 Å². The van der Waals surface area contributed by atoms with Gasteiger partial charge in [0.2, 0.25) is 5.91 Å². The van der Waals surface area contributed by atoms with Crippen LogP contribution in [-0.4, -0.2) is 38.8 Å². The van der Waals surface area contributed by atoms with Crippen molar-refractivity contribution >= 4 is 17.6 Å². The average molecular weight is 282 g/mol. The number of hydrogen-bond acceptors (Lipinski definition) is 4. The van der Waals surface area contributed by atoms with Crippen LogP contribution in [0.2, 0.25) is 0 Å². The van der Waals surface area contributed by atoms with Gasteiger partial charge >= 0.3 is 5.97 Å². The van der Waals surface area contributed by atoms with E-state index in [1.54, 1.807) is 25.6 Å². The Morgan fingerprint density at radius 1 is 1.40 bits per heavy atom. The summed E-state index contributed by atoms with van der Waals surface area (Å²) in [4.78, 5) is 23.0. The van der Waals surface area contributed by atoms with Crippen LogP contribution in [-0.2, 0) is 16.6 Å². The molecule has 112 valence electrons. The van der Waals surface area contributed by atoms with E-state index in [0.29, 0.717) is 12.1 Å². The largest absolute Gasteiger partial charge is 0.480 e. The number of hydrogen-bond donors (Lipinski definition) is 3. The number of anilines is 1. The molecule has 1 amide bonds. The van der Waals surface area contributed by atoms with Crippen LogP contribution in [0, 0.1) is 13.8 Å². The zero-order valence-electron chi connectivity index (χ0n) is 12.6. The molecule has 7 heteroatoms. The molecule has 0 aliphatic heterocycles. The van der Waals surface area contributed by atoms with Gasteiger partial charge in [-0.2, -0.15) is 5.10 Å². The van der Waals surface area contributed by atoms with Gasteiger partial charge in [0.05, 0.1) is 23.6 Å². The van der Waals surface area contributed by atoms with Crippen LogP contribution in [0.5, 0.6) is 0 Å². The van der Waals surface area contributed by atoms with Crippen LogP contribution < -0.4 is 10.6 Å². The summed E-state index contributed by atoms with van der Waals surface area (Å²) in [6.45, 7) is 6.92. The lowest BCUT2D eigenvalue weighted by Gasteiger charge is -2.24. The summed E-state index contributed by atoms with van der Waals surface area (Å²) in [5.74, 6) is -1.26. The summed E-state index contributed by atoms with van der Waals surface area (Å²) in [6.07, 6.45) is 0.389. The smallest absolute Gasteiger partial charge is 0.323 e. The lowest BCUT2D eigenvalue weighted by atomic mass is 9.99. The van der Waals surface area contributed by atoms with Crippen molar-refractivity contribution in [1.29, 1.82) is 0 Å². The fraction of sp³-hybridized carbons (Fsp3) is 0.615. The standard InChI is InChI=1S/C13H22N4O3/c1-6-13(4,12(19)20)14-7-10(18)15-11-8(2)16-17(5)9(11)3/h14H,6-7H2,1-5H3,(H,15,18)(H,19,20). The third kappa shape index (κ3) is 3.36. The van der Waals surface area contributed by atoms with Crippen molar-refractivity contribution in [2.24, 2.45) is 7.05 Å². The second kappa shape index (κ2) is 6.04. The summed E-state index contributed by atoms with van der Waals surface area (Å²) < 4.78 is 1.69. The molecular weight excluding hydrogens is 260 g/mol. The van der Waals surface area contributed by atoms with E-state index < -0.39 is 11.5 Å². The lowest BCUT2D eigenvalue weighted by molar-refractivity contribution is -0.144. The van der Waals surface area contributed by atoms with Gasteiger partial charge in [0, 0.05) is 7.05 Å². The second-order valence-electron chi connectivity index (χ2n) is 5.06. The van der Waals surface area contributed by atoms with E-state index in [9.17, 15) is 9.59 Å². The minimum atomic E-state index is -1.10. The van der Waals surface area contributed by atoms with E-state index in [4.69, 9.17) is 5.11 Å². The Balaban J connectivity index is 2.67. The average Bonchev–Trinajstić information content (AvgIpc) is 2.62. The maximum Gasteiger partial charge on any atom is 0.323 e. The number of carbonyl (C=O) groups is 2. The van der Waals surface area contributed by atoms with Crippen molar-refractivity contribution in [2.75, 3.05) is 11.9 Å². The molecule has 1 aromatic heterocycles. The molecular formula is C13H22N4O3. The van der Waals surface area contributed by atoms with Gasteiger partial charge in [0.1, 0.15) is 5.54 Å². The summed E-state index contributed by atoms with van der Waals surface area (Å²) in [7, 11) is 1.80. The van der Waals surface area contributed by atoms with Crippen LogP contribution in [0.15, 0.2) is 0 Å². The zero-order chi connectivity index (χ0) is 15.5. The second-order valence-corrected chi connectivity index (χ2v) is 5.06. The van der Waals surface area contributed by atoms with E-state index in [0.717, 1.165) is 11.4 Å². The van der Waals surface area contributed by atoms with E-state index in [1.807, 2.05) is 13.8 Å². The number of carbonyl (C=O) groups excluding carboxylic acids is 1. The Labute approximate surface area is 118 Å². The maximum absolute atomic E-state index is 11.9. The van der Waals surface area contributed by atoms with Crippen molar-refractivity contribution in [2.45, 2.75) is 39.7 Å². The third-order valence-electron chi connectivity index (χ3n) is 3.59. The van der Waals surface area contributed by atoms with Crippen molar-refractivity contribution in [3.63, 3.8) is 0 Å². The summed E-state index contributed by atoms with van der Waals surface area (Å²) in [5, 5.41) is 18.9. The molecule has 1 heterocycles. The van der Waals surface area contributed by atoms with E-state index in [-0.39, 0.29) is 12.5 Å². The Hall–Kier alpha value is -1.89. The highest BCUT2D eigenvalue weighted by atomic mass is 16.4. The molecule has 1 unspecified atom stereocenters. The number of amides is 1. The highest BCUT2D eigenvalue weighted by Crippen LogP contribution is 2.18. The molecule has 0 aliphatic carbocycles. The van der Waals surface area contributed by atoms with Crippen molar-refractivity contribution in [3.8, 4) is 0 Å². The molecule has 1 aromatic rings. The quantitative estimate of drug-likeness (QED) is 0.718. The molecule has 0 fully saturated rings. The number of nitrogens with zero attached hydrogens (tertiary/aromatic N) is 2. The molecule has 0 bridgehead atoms. The van der Waals surface area contributed by atoms with Crippen LogP contribution in [0.3, 0.4) is 0 Å². The molecule has 1 rings (SSSR count). The molecule has 0 aromatic carbocycles. The predicted molar refractivity (Wildman–Crippen MR) is 75.6 cm³/mol. The molecule has 0 spiro atoms. The minimum Gasteiger partial charge on any atom is -0.480 e. The van der Waals surface area contributed by atoms with Crippen molar-refractivity contribution in [3.05, 3.63) is 11.4 Å². The van der Waals surface area contributed by atoms with Crippen LogP contribution in [0.4, 0.5) is 5.69 Å². The minimum absolute atomic E-state index is 0.0651. The van der Waals surface area contributed by atoms with Gasteiger partial charge in [-0.25, -0.2) is 0 Å². The van der Waals surface area contributed by atoms with Crippen molar-refractivity contribution < 1.29 is 14.7 Å². The van der Waals surface area contributed by atoms with Crippen LogP contribution >= 0.6 is 0 Å². The molecule has 0 aliphatic rings. The summed E-state index contributed by atoms with van der Waals surface area (Å²) in [5.41, 5.74) is 1.16. The highest BCUT2D eigenvalue weighted by Gasteiger charge is 2.31. The maximum atomic E-state index is 11.9. The van der Waals surface area contributed by atoms with Gasteiger partial charge in [-0.15, -0.1) is 0 Å². The summed E-state index contributed by atoms with van der Waals surface area (Å²) >= 11 is 0. The predicted octanol–water partition coefficient (Wildman–Crippen LogP) is 0.818. The zero-order valence-corrected chi connectivity index (χ0v) is 12.6. The lowest BCUT2D eigenvalue weighted by Crippen LogP contribution is -2.51. The Bertz CT molecular complexity index is 524. The fourth-order valence-corrected chi connectivity index (χ4v) is 1.77. The molecule has 7 nitrogen and oxygen atoms in total. The van der Waals surface area contributed by atoms with Crippen LogP contribution in [0.1, 0.15) is 31.7 Å². The number of aryl methyl sites for hydroxylation is 2. The number of carboxylic acids is 1. The van der Waals surface area contributed by atoms with Crippen LogP contribution in [0.25, 0.3) is 0 Å². The number of aromatic nitrogens is 2. The van der Waals surface area contributed by atoms with Gasteiger partial charge in [0.25, 0.3) is 0 Å². The molecule has 0 saturated carbocycles. The Morgan fingerprint density at radius 3 is 2.40 bits per heavy atom. The van der Waals surface area contributed by atoms with Gasteiger partial charge in [0.15, 0.2) is 0 Å².